The normalized spacial score (nSPS) is 25.5. The fraction of sp³-hybridized carbons (Fsp3) is 1.00. The number of rotatable bonds is 2. The van der Waals surface area contributed by atoms with E-state index in [0.717, 1.165) is 13.1 Å². The van der Waals surface area contributed by atoms with Crippen LogP contribution in [0.5, 0.6) is 0 Å². The maximum atomic E-state index is 5.69. The molecule has 2 heteroatoms. The molecule has 2 N–H and O–H groups in total. The van der Waals surface area contributed by atoms with Crippen LogP contribution < -0.4 is 5.84 Å². The molecule has 0 radical (unpaired) electrons. The van der Waals surface area contributed by atoms with E-state index >= 15 is 0 Å². The van der Waals surface area contributed by atoms with Gasteiger partial charge in [0, 0.05) is 13.1 Å². The van der Waals surface area contributed by atoms with Crippen molar-refractivity contribution in [2.75, 3.05) is 13.1 Å². The summed E-state index contributed by atoms with van der Waals surface area (Å²) in [5.41, 5.74) is 0.550. The number of hydrogen-bond acceptors (Lipinski definition) is 2. The van der Waals surface area contributed by atoms with E-state index in [1.165, 1.54) is 19.3 Å². The van der Waals surface area contributed by atoms with Crippen molar-refractivity contribution < 1.29 is 0 Å². The molecule has 0 aliphatic carbocycles. The Morgan fingerprint density at radius 3 is 2.20 bits per heavy atom. The van der Waals surface area contributed by atoms with E-state index in [2.05, 4.69) is 13.8 Å². The average molecular weight is 142 g/mol. The van der Waals surface area contributed by atoms with Crippen molar-refractivity contribution in [2.24, 2.45) is 11.3 Å². The van der Waals surface area contributed by atoms with Crippen LogP contribution in [0.2, 0.25) is 0 Å². The van der Waals surface area contributed by atoms with Crippen molar-refractivity contribution in [1.82, 2.24) is 5.01 Å². The summed E-state index contributed by atoms with van der Waals surface area (Å²) >= 11 is 0. The zero-order chi connectivity index (χ0) is 7.61. The van der Waals surface area contributed by atoms with Gasteiger partial charge in [-0.1, -0.05) is 13.8 Å². The summed E-state index contributed by atoms with van der Waals surface area (Å²) in [4.78, 5) is 0. The van der Waals surface area contributed by atoms with Crippen LogP contribution in [0.15, 0.2) is 0 Å². The molecule has 1 fully saturated rings. The molecular formula is C8H18N2. The lowest BCUT2D eigenvalue weighted by atomic mass is 9.82. The molecule has 0 aromatic rings. The van der Waals surface area contributed by atoms with Gasteiger partial charge >= 0.3 is 0 Å². The van der Waals surface area contributed by atoms with Gasteiger partial charge < -0.3 is 0 Å². The number of nitrogens with two attached hydrogens (primary N) is 1. The maximum Gasteiger partial charge on any atom is 0.0185 e. The minimum atomic E-state index is 0.550. The van der Waals surface area contributed by atoms with Crippen LogP contribution >= 0.6 is 0 Å². The summed E-state index contributed by atoms with van der Waals surface area (Å²) in [6.45, 7) is 6.72. The molecule has 1 saturated heterocycles. The van der Waals surface area contributed by atoms with Gasteiger partial charge in [-0.05, 0) is 24.7 Å². The number of hydrogen-bond donors (Lipinski definition) is 1. The van der Waals surface area contributed by atoms with Crippen molar-refractivity contribution in [3.05, 3.63) is 0 Å². The van der Waals surface area contributed by atoms with E-state index in [1.54, 1.807) is 0 Å². The summed E-state index contributed by atoms with van der Waals surface area (Å²) in [6, 6.07) is 0. The molecule has 1 aliphatic heterocycles. The molecule has 0 atom stereocenters. The molecule has 10 heavy (non-hydrogen) atoms. The Labute approximate surface area is 63.4 Å². The average Bonchev–Trinajstić information content (AvgIpc) is 2.33. The Bertz CT molecular complexity index is 108. The van der Waals surface area contributed by atoms with Gasteiger partial charge in [-0.15, -0.1) is 0 Å². The summed E-state index contributed by atoms with van der Waals surface area (Å²) in [5.74, 6) is 5.69. The molecule has 0 aromatic carbocycles. The molecule has 1 heterocycles. The van der Waals surface area contributed by atoms with Crippen molar-refractivity contribution in [3.8, 4) is 0 Å². The monoisotopic (exact) mass is 142 g/mol. The molecule has 1 aliphatic rings. The van der Waals surface area contributed by atoms with E-state index in [0.29, 0.717) is 5.41 Å². The van der Waals surface area contributed by atoms with Crippen molar-refractivity contribution in [3.63, 3.8) is 0 Å². The predicted octanol–water partition coefficient (Wildman–Crippen LogP) is 1.37. The molecule has 0 aromatic heterocycles. The van der Waals surface area contributed by atoms with Gasteiger partial charge in [-0.3, -0.25) is 5.84 Å². The van der Waals surface area contributed by atoms with Gasteiger partial charge in [0.05, 0.1) is 0 Å². The van der Waals surface area contributed by atoms with Crippen LogP contribution in [0.4, 0.5) is 0 Å². The molecular weight excluding hydrogens is 124 g/mol. The minimum absolute atomic E-state index is 0.550. The zero-order valence-corrected chi connectivity index (χ0v) is 7.06. The van der Waals surface area contributed by atoms with Crippen LogP contribution in [-0.4, -0.2) is 18.1 Å². The first-order valence-electron chi connectivity index (χ1n) is 4.22. The lowest BCUT2D eigenvalue weighted by Gasteiger charge is -2.24. The smallest absolute Gasteiger partial charge is 0.0185 e. The molecule has 0 spiro atoms. The predicted molar refractivity (Wildman–Crippen MR) is 43.4 cm³/mol. The molecule has 60 valence electrons. The maximum absolute atomic E-state index is 5.69. The third-order valence-corrected chi connectivity index (χ3v) is 2.97. The lowest BCUT2D eigenvalue weighted by molar-refractivity contribution is 0.244. The molecule has 1 rings (SSSR count). The summed E-state index contributed by atoms with van der Waals surface area (Å²) in [7, 11) is 0. The fourth-order valence-electron chi connectivity index (χ4n) is 1.80. The lowest BCUT2D eigenvalue weighted by Crippen LogP contribution is -2.31. The molecule has 2 nitrogen and oxygen atoms in total. The van der Waals surface area contributed by atoms with Crippen LogP contribution in [0.3, 0.4) is 0 Å². The van der Waals surface area contributed by atoms with Gasteiger partial charge in [0.2, 0.25) is 0 Å². The first kappa shape index (κ1) is 8.02. The standard InChI is InChI=1S/C8H18N2/c1-3-8(4-2)5-6-10(9)7-8/h3-7,9H2,1-2H3. The largest absolute Gasteiger partial charge is 0.269 e. The SMILES string of the molecule is CCC1(CC)CCN(N)C1. The highest BCUT2D eigenvalue weighted by molar-refractivity contribution is 4.85. The van der Waals surface area contributed by atoms with Crippen molar-refractivity contribution >= 4 is 0 Å². The third kappa shape index (κ3) is 1.32. The number of nitrogens with zero attached hydrogens (tertiary/aromatic N) is 1. The highest BCUT2D eigenvalue weighted by atomic mass is 15.4. The van der Waals surface area contributed by atoms with Crippen LogP contribution in [0.25, 0.3) is 0 Å². The van der Waals surface area contributed by atoms with Gasteiger partial charge in [-0.2, -0.15) is 0 Å². The van der Waals surface area contributed by atoms with Crippen molar-refractivity contribution in [2.45, 2.75) is 33.1 Å². The van der Waals surface area contributed by atoms with Gasteiger partial charge in [-0.25, -0.2) is 5.01 Å². The Kier molecular flexibility index (Phi) is 2.32. The third-order valence-electron chi connectivity index (χ3n) is 2.97. The van der Waals surface area contributed by atoms with Crippen LogP contribution in [-0.2, 0) is 0 Å². The van der Waals surface area contributed by atoms with Gasteiger partial charge in [0.15, 0.2) is 0 Å². The van der Waals surface area contributed by atoms with Crippen LogP contribution in [0, 0.1) is 5.41 Å². The van der Waals surface area contributed by atoms with Crippen molar-refractivity contribution in [1.29, 1.82) is 0 Å². The molecule has 0 bridgehead atoms. The van der Waals surface area contributed by atoms with E-state index in [-0.39, 0.29) is 0 Å². The van der Waals surface area contributed by atoms with Gasteiger partial charge in [0.25, 0.3) is 0 Å². The summed E-state index contributed by atoms with van der Waals surface area (Å²) < 4.78 is 0. The minimum Gasteiger partial charge on any atom is -0.269 e. The topological polar surface area (TPSA) is 29.3 Å². The Morgan fingerprint density at radius 2 is 2.00 bits per heavy atom. The molecule has 0 amide bonds. The summed E-state index contributed by atoms with van der Waals surface area (Å²) in [6.07, 6.45) is 3.84. The van der Waals surface area contributed by atoms with E-state index in [4.69, 9.17) is 5.84 Å². The highest BCUT2D eigenvalue weighted by Crippen LogP contribution is 2.35. The summed E-state index contributed by atoms with van der Waals surface area (Å²) in [5, 5.41) is 1.95. The highest BCUT2D eigenvalue weighted by Gasteiger charge is 2.33. The molecule has 0 saturated carbocycles. The number of hydrazine groups is 1. The van der Waals surface area contributed by atoms with Gasteiger partial charge in [0.1, 0.15) is 0 Å². The fourth-order valence-corrected chi connectivity index (χ4v) is 1.80. The van der Waals surface area contributed by atoms with E-state index in [1.807, 2.05) is 5.01 Å². The Hall–Kier alpha value is -0.0800. The molecule has 0 unspecified atom stereocenters. The second-order valence-corrected chi connectivity index (χ2v) is 3.43. The van der Waals surface area contributed by atoms with E-state index in [9.17, 15) is 0 Å². The zero-order valence-electron chi connectivity index (χ0n) is 7.06. The van der Waals surface area contributed by atoms with E-state index < -0.39 is 0 Å². The second-order valence-electron chi connectivity index (χ2n) is 3.43. The quantitative estimate of drug-likeness (QED) is 0.590. The van der Waals surface area contributed by atoms with Crippen LogP contribution in [0.1, 0.15) is 33.1 Å². The Morgan fingerprint density at radius 1 is 1.40 bits per heavy atom. The second kappa shape index (κ2) is 2.89. The first-order valence-corrected chi connectivity index (χ1v) is 4.22. The Balaban J connectivity index is 2.51. The first-order chi connectivity index (χ1) is 4.72.